The molecule has 0 N–H and O–H groups in total. The fraction of sp³-hybridized carbons (Fsp3) is 0.606. The molecule has 0 aromatic heterocycles. The number of carbonyl (C=O) groups excluding carboxylic acids is 1. The van der Waals surface area contributed by atoms with Crippen molar-refractivity contribution in [3.63, 3.8) is 0 Å². The molecule has 4 heterocycles. The van der Waals surface area contributed by atoms with Crippen LogP contribution in [0.3, 0.4) is 0 Å². The predicted molar refractivity (Wildman–Crippen MR) is 155 cm³/mol. The number of piperidine rings is 4. The van der Waals surface area contributed by atoms with E-state index >= 15 is 0 Å². The molecule has 4 fully saturated rings. The predicted octanol–water partition coefficient (Wildman–Crippen LogP) is 4.98. The van der Waals surface area contributed by atoms with E-state index in [-0.39, 0.29) is 18.2 Å². The summed E-state index contributed by atoms with van der Waals surface area (Å²) in [5.41, 5.74) is 2.69. The van der Waals surface area contributed by atoms with Crippen molar-refractivity contribution in [2.45, 2.75) is 76.3 Å². The van der Waals surface area contributed by atoms with Gasteiger partial charge < -0.3 is 14.4 Å². The Labute approximate surface area is 235 Å². The van der Waals surface area contributed by atoms with Gasteiger partial charge in [-0.3, -0.25) is 14.6 Å². The number of nitrogens with zero attached hydrogens (tertiary/aromatic N) is 3. The van der Waals surface area contributed by atoms with Crippen LogP contribution in [-0.2, 0) is 27.4 Å². The van der Waals surface area contributed by atoms with E-state index in [0.29, 0.717) is 18.4 Å². The largest absolute Gasteiger partial charge is 0.461 e. The molecule has 4 saturated heterocycles. The molecular formula is C33H47N3O3. The third-order valence-corrected chi connectivity index (χ3v) is 9.07. The molecule has 2 bridgehead atoms. The fourth-order valence-corrected chi connectivity index (χ4v) is 6.80. The number of carbonyl (C=O) groups is 1. The van der Waals surface area contributed by atoms with Crippen LogP contribution < -0.4 is 0 Å². The van der Waals surface area contributed by atoms with E-state index in [4.69, 9.17) is 9.47 Å². The molecule has 6 rings (SSSR count). The van der Waals surface area contributed by atoms with Gasteiger partial charge in [-0.1, -0.05) is 67.1 Å². The van der Waals surface area contributed by atoms with E-state index in [1.165, 1.54) is 37.1 Å². The summed E-state index contributed by atoms with van der Waals surface area (Å²) < 4.78 is 12.0. The van der Waals surface area contributed by atoms with Crippen LogP contribution in [0.5, 0.6) is 0 Å². The van der Waals surface area contributed by atoms with Gasteiger partial charge in [0.25, 0.3) is 0 Å². The normalized spacial score (nSPS) is 27.1. The van der Waals surface area contributed by atoms with Crippen molar-refractivity contribution in [2.75, 3.05) is 46.4 Å². The highest BCUT2D eigenvalue weighted by molar-refractivity contribution is 5.69. The van der Waals surface area contributed by atoms with Crippen LogP contribution in [0.15, 0.2) is 60.7 Å². The summed E-state index contributed by atoms with van der Waals surface area (Å²) in [5, 5.41) is 0. The first-order chi connectivity index (χ1) is 19.2. The zero-order chi connectivity index (χ0) is 26.9. The summed E-state index contributed by atoms with van der Waals surface area (Å²) in [6, 6.07) is 22.0. The van der Waals surface area contributed by atoms with E-state index in [9.17, 15) is 4.79 Å². The van der Waals surface area contributed by atoms with Crippen molar-refractivity contribution in [2.24, 2.45) is 5.92 Å². The van der Waals surface area contributed by atoms with Crippen LogP contribution in [0.4, 0.5) is 0 Å². The maximum atomic E-state index is 12.4. The SMILES string of the molecule is CO[C@H]1CN(CCCCCC(=O)OC2CN3CCC2CC3)CC[C@H]1N(Cc1ccccc1)Cc1ccccc1. The van der Waals surface area contributed by atoms with Gasteiger partial charge in [-0.05, 0) is 75.3 Å². The first-order valence-corrected chi connectivity index (χ1v) is 15.2. The summed E-state index contributed by atoms with van der Waals surface area (Å²) in [4.78, 5) is 20.0. The standard InChI is InChI=1S/C33H47N3O3/c1-38-32-26-34(19-10-4-9-15-33(37)39-31-25-35-20-16-29(31)17-21-35)22-18-30(32)36(23-27-11-5-2-6-12-27)24-28-13-7-3-8-14-28/h2-3,5-8,11-14,29-32H,4,9-10,15-26H2,1H3/t30-,31?,32+/m1/s1. The first kappa shape index (κ1) is 28.3. The third kappa shape index (κ3) is 8.14. The second-order valence-corrected chi connectivity index (χ2v) is 11.8. The summed E-state index contributed by atoms with van der Waals surface area (Å²) in [5.74, 6) is 0.595. The molecule has 0 radical (unpaired) electrons. The first-order valence-electron chi connectivity index (χ1n) is 15.2. The lowest BCUT2D eigenvalue weighted by Crippen LogP contribution is -2.54. The summed E-state index contributed by atoms with van der Waals surface area (Å²) in [6.45, 7) is 8.27. The third-order valence-electron chi connectivity index (χ3n) is 9.07. The lowest BCUT2D eigenvalue weighted by atomic mass is 9.86. The highest BCUT2D eigenvalue weighted by atomic mass is 16.5. The maximum absolute atomic E-state index is 12.4. The average molecular weight is 534 g/mol. The number of hydrogen-bond acceptors (Lipinski definition) is 6. The van der Waals surface area contributed by atoms with Crippen LogP contribution in [0, 0.1) is 5.92 Å². The smallest absolute Gasteiger partial charge is 0.306 e. The molecule has 2 aromatic rings. The Balaban J connectivity index is 1.05. The number of unbranched alkanes of at least 4 members (excludes halogenated alkanes) is 2. The molecular weight excluding hydrogens is 486 g/mol. The zero-order valence-electron chi connectivity index (χ0n) is 23.8. The van der Waals surface area contributed by atoms with Crippen molar-refractivity contribution in [3.05, 3.63) is 71.8 Å². The topological polar surface area (TPSA) is 45.2 Å². The number of likely N-dealkylation sites (tertiary alicyclic amines) is 1. The second-order valence-electron chi connectivity index (χ2n) is 11.8. The van der Waals surface area contributed by atoms with Crippen LogP contribution in [-0.4, -0.2) is 85.3 Å². The van der Waals surface area contributed by atoms with E-state index < -0.39 is 0 Å². The number of esters is 1. The molecule has 2 aromatic carbocycles. The number of fused-ring (bicyclic) bond motifs is 3. The van der Waals surface area contributed by atoms with Crippen molar-refractivity contribution < 1.29 is 14.3 Å². The highest BCUT2D eigenvalue weighted by Gasteiger charge is 2.36. The Hall–Kier alpha value is -2.25. The van der Waals surface area contributed by atoms with Crippen LogP contribution in [0.1, 0.15) is 56.1 Å². The van der Waals surface area contributed by atoms with E-state index in [1.807, 2.05) is 7.11 Å². The average Bonchev–Trinajstić information content (AvgIpc) is 2.98. The van der Waals surface area contributed by atoms with Crippen LogP contribution in [0.25, 0.3) is 0 Å². The monoisotopic (exact) mass is 533 g/mol. The molecule has 3 atom stereocenters. The van der Waals surface area contributed by atoms with Crippen molar-refractivity contribution in [1.29, 1.82) is 0 Å². The lowest BCUT2D eigenvalue weighted by Gasteiger charge is -2.44. The number of benzene rings is 2. The molecule has 0 amide bonds. The van der Waals surface area contributed by atoms with Crippen molar-refractivity contribution in [1.82, 2.24) is 14.7 Å². The molecule has 6 nitrogen and oxygen atoms in total. The van der Waals surface area contributed by atoms with Crippen molar-refractivity contribution in [3.8, 4) is 0 Å². The van der Waals surface area contributed by atoms with Crippen molar-refractivity contribution >= 4 is 5.97 Å². The van der Waals surface area contributed by atoms with Gasteiger partial charge in [-0.15, -0.1) is 0 Å². The summed E-state index contributed by atoms with van der Waals surface area (Å²) >= 11 is 0. The van der Waals surface area contributed by atoms with Gasteiger partial charge in [0.05, 0.1) is 6.10 Å². The summed E-state index contributed by atoms with van der Waals surface area (Å²) in [6.07, 6.45) is 7.46. The van der Waals surface area contributed by atoms with Gasteiger partial charge in [-0.2, -0.15) is 0 Å². The summed E-state index contributed by atoms with van der Waals surface area (Å²) in [7, 11) is 1.87. The molecule has 212 valence electrons. The van der Waals surface area contributed by atoms with E-state index in [2.05, 4.69) is 75.4 Å². The minimum Gasteiger partial charge on any atom is -0.461 e. The van der Waals surface area contributed by atoms with Gasteiger partial charge in [0, 0.05) is 45.8 Å². The molecule has 4 aliphatic rings. The van der Waals surface area contributed by atoms with Gasteiger partial charge >= 0.3 is 5.97 Å². The number of rotatable bonds is 13. The Morgan fingerprint density at radius 3 is 2.08 bits per heavy atom. The fourth-order valence-electron chi connectivity index (χ4n) is 6.80. The van der Waals surface area contributed by atoms with Gasteiger partial charge in [0.2, 0.25) is 0 Å². The molecule has 39 heavy (non-hydrogen) atoms. The van der Waals surface area contributed by atoms with E-state index in [1.54, 1.807) is 0 Å². The van der Waals surface area contributed by atoms with Gasteiger partial charge in [0.15, 0.2) is 0 Å². The van der Waals surface area contributed by atoms with E-state index in [0.717, 1.165) is 65.0 Å². The lowest BCUT2D eigenvalue weighted by molar-refractivity contribution is -0.158. The maximum Gasteiger partial charge on any atom is 0.306 e. The van der Waals surface area contributed by atoms with Crippen LogP contribution >= 0.6 is 0 Å². The Bertz CT molecular complexity index is 954. The molecule has 0 saturated carbocycles. The second kappa shape index (κ2) is 14.4. The Morgan fingerprint density at radius 1 is 0.821 bits per heavy atom. The molecule has 0 aliphatic carbocycles. The minimum atomic E-state index is 0.00550. The molecule has 0 spiro atoms. The quantitative estimate of drug-likeness (QED) is 0.267. The molecule has 4 aliphatic heterocycles. The minimum absolute atomic E-state index is 0.00550. The Kier molecular flexibility index (Phi) is 10.4. The van der Waals surface area contributed by atoms with Crippen LogP contribution in [0.2, 0.25) is 0 Å². The number of methoxy groups -OCH3 is 1. The van der Waals surface area contributed by atoms with Gasteiger partial charge in [-0.25, -0.2) is 0 Å². The molecule has 6 heteroatoms. The number of ether oxygens (including phenoxy) is 2. The number of hydrogen-bond donors (Lipinski definition) is 0. The molecule has 1 unspecified atom stereocenters. The van der Waals surface area contributed by atoms with Gasteiger partial charge in [0.1, 0.15) is 6.10 Å². The highest BCUT2D eigenvalue weighted by Crippen LogP contribution is 2.30. The zero-order valence-corrected chi connectivity index (χ0v) is 23.8. The Morgan fingerprint density at radius 2 is 1.49 bits per heavy atom.